The number of halogens is 1. The van der Waals surface area contributed by atoms with Crippen molar-refractivity contribution in [3.05, 3.63) is 101 Å². The van der Waals surface area contributed by atoms with Crippen molar-refractivity contribution < 1.29 is 13.2 Å². The van der Waals surface area contributed by atoms with E-state index in [1.165, 1.54) is 10.4 Å². The first-order valence-corrected chi connectivity index (χ1v) is 11.7. The molecule has 0 unspecified atom stereocenters. The van der Waals surface area contributed by atoms with Crippen LogP contribution in [0.15, 0.2) is 83.8 Å². The van der Waals surface area contributed by atoms with E-state index in [9.17, 15) is 13.2 Å². The van der Waals surface area contributed by atoms with Crippen molar-refractivity contribution in [1.82, 2.24) is 5.32 Å². The van der Waals surface area contributed by atoms with Gasteiger partial charge in [-0.2, -0.15) is 0 Å². The highest BCUT2D eigenvalue weighted by Crippen LogP contribution is 2.32. The molecule has 0 aliphatic carbocycles. The Morgan fingerprint density at radius 1 is 1.00 bits per heavy atom. The fraction of sp³-hybridized carbons (Fsp3) is 0.125. The number of hydrogen-bond donors (Lipinski definition) is 1. The Kier molecular flexibility index (Phi) is 6.11. The van der Waals surface area contributed by atoms with E-state index in [1.54, 1.807) is 36.4 Å². The molecule has 3 aromatic rings. The van der Waals surface area contributed by atoms with Crippen LogP contribution < -0.4 is 9.62 Å². The highest BCUT2D eigenvalue weighted by molar-refractivity contribution is 7.92. The quantitative estimate of drug-likeness (QED) is 0.563. The third-order valence-corrected chi connectivity index (χ3v) is 7.35. The van der Waals surface area contributed by atoms with Crippen LogP contribution in [0.2, 0.25) is 5.02 Å². The first-order valence-electron chi connectivity index (χ1n) is 9.85. The van der Waals surface area contributed by atoms with Gasteiger partial charge in [-0.1, -0.05) is 60.1 Å². The average molecular weight is 453 g/mol. The van der Waals surface area contributed by atoms with Gasteiger partial charge in [0.25, 0.3) is 10.0 Å². The number of benzene rings is 3. The number of hydrogen-bond acceptors (Lipinski definition) is 3. The van der Waals surface area contributed by atoms with E-state index < -0.39 is 10.0 Å². The number of fused-ring (bicyclic) bond motifs is 1. The van der Waals surface area contributed by atoms with Gasteiger partial charge >= 0.3 is 0 Å². The van der Waals surface area contributed by atoms with Crippen LogP contribution in [0, 0.1) is 0 Å². The average Bonchev–Trinajstić information content (AvgIpc) is 3.22. The number of anilines is 1. The third kappa shape index (κ3) is 4.65. The van der Waals surface area contributed by atoms with Crippen molar-refractivity contribution in [2.24, 2.45) is 0 Å². The van der Waals surface area contributed by atoms with E-state index in [2.05, 4.69) is 5.32 Å². The van der Waals surface area contributed by atoms with Crippen LogP contribution in [0.25, 0.3) is 6.08 Å². The summed E-state index contributed by atoms with van der Waals surface area (Å²) >= 11 is 6.09. The summed E-state index contributed by atoms with van der Waals surface area (Å²) in [6.45, 7) is 0.770. The van der Waals surface area contributed by atoms with Crippen molar-refractivity contribution in [2.75, 3.05) is 10.8 Å². The van der Waals surface area contributed by atoms with Gasteiger partial charge in [0, 0.05) is 24.2 Å². The third-order valence-electron chi connectivity index (χ3n) is 5.15. The first-order chi connectivity index (χ1) is 14.9. The monoisotopic (exact) mass is 452 g/mol. The number of rotatable bonds is 6. The van der Waals surface area contributed by atoms with E-state index in [1.807, 2.05) is 42.5 Å². The molecule has 1 heterocycles. The fourth-order valence-corrected chi connectivity index (χ4v) is 5.20. The molecule has 31 heavy (non-hydrogen) atoms. The summed E-state index contributed by atoms with van der Waals surface area (Å²) in [6.07, 6.45) is 3.76. The first kappa shape index (κ1) is 21.2. The van der Waals surface area contributed by atoms with E-state index >= 15 is 0 Å². The lowest BCUT2D eigenvalue weighted by atomic mass is 10.2. The van der Waals surface area contributed by atoms with Gasteiger partial charge in [0.05, 0.1) is 10.6 Å². The smallest absolute Gasteiger partial charge is 0.264 e. The van der Waals surface area contributed by atoms with E-state index in [0.29, 0.717) is 24.5 Å². The summed E-state index contributed by atoms with van der Waals surface area (Å²) in [7, 11) is -3.63. The maximum atomic E-state index is 13.1. The van der Waals surface area contributed by atoms with Crippen LogP contribution >= 0.6 is 11.6 Å². The molecule has 1 aliphatic rings. The Hall–Kier alpha value is -3.09. The molecule has 5 nitrogen and oxygen atoms in total. The summed E-state index contributed by atoms with van der Waals surface area (Å²) in [5, 5.41) is 3.38. The van der Waals surface area contributed by atoms with Crippen LogP contribution in [0.1, 0.15) is 16.7 Å². The van der Waals surface area contributed by atoms with E-state index in [0.717, 1.165) is 22.4 Å². The van der Waals surface area contributed by atoms with Crippen molar-refractivity contribution >= 4 is 39.3 Å². The SMILES string of the molecule is O=C(C=Cc1ccc(S(=O)(=O)N2CCc3ccccc32)cc1)NCc1ccccc1Cl. The molecule has 158 valence electrons. The summed E-state index contributed by atoms with van der Waals surface area (Å²) in [5.41, 5.74) is 3.34. The van der Waals surface area contributed by atoms with Gasteiger partial charge < -0.3 is 5.32 Å². The zero-order valence-electron chi connectivity index (χ0n) is 16.7. The minimum atomic E-state index is -3.63. The van der Waals surface area contributed by atoms with Crippen molar-refractivity contribution in [2.45, 2.75) is 17.9 Å². The molecule has 4 rings (SSSR count). The fourth-order valence-electron chi connectivity index (χ4n) is 3.49. The van der Waals surface area contributed by atoms with Gasteiger partial charge in [-0.25, -0.2) is 8.42 Å². The van der Waals surface area contributed by atoms with Crippen LogP contribution in [-0.4, -0.2) is 20.9 Å². The highest BCUT2D eigenvalue weighted by Gasteiger charge is 2.30. The van der Waals surface area contributed by atoms with Crippen LogP contribution in [0.5, 0.6) is 0 Å². The van der Waals surface area contributed by atoms with Gasteiger partial charge in [-0.15, -0.1) is 0 Å². The standard InChI is InChI=1S/C24H21ClN2O3S/c25-22-7-3-1-6-20(22)17-26-24(28)14-11-18-9-12-21(13-10-18)31(29,30)27-16-15-19-5-2-4-8-23(19)27/h1-14H,15-17H2,(H,26,28). The second-order valence-electron chi connectivity index (χ2n) is 7.17. The Labute approximate surface area is 187 Å². The number of nitrogens with one attached hydrogen (secondary N) is 1. The molecule has 0 saturated carbocycles. The minimum absolute atomic E-state index is 0.226. The molecule has 3 aromatic carbocycles. The zero-order chi connectivity index (χ0) is 21.8. The molecule has 1 amide bonds. The maximum absolute atomic E-state index is 13.1. The maximum Gasteiger partial charge on any atom is 0.264 e. The van der Waals surface area contributed by atoms with Crippen LogP contribution in [0.4, 0.5) is 5.69 Å². The van der Waals surface area contributed by atoms with Crippen molar-refractivity contribution in [3.63, 3.8) is 0 Å². The number of nitrogens with zero attached hydrogens (tertiary/aromatic N) is 1. The number of carbonyl (C=O) groups is 1. The van der Waals surface area contributed by atoms with Crippen LogP contribution in [0.3, 0.4) is 0 Å². The van der Waals surface area contributed by atoms with Gasteiger partial charge in [0.2, 0.25) is 5.91 Å². The van der Waals surface area contributed by atoms with Gasteiger partial charge in [-0.3, -0.25) is 9.10 Å². The molecule has 0 atom stereocenters. The number of para-hydroxylation sites is 1. The molecule has 1 N–H and O–H groups in total. The molecule has 7 heteroatoms. The van der Waals surface area contributed by atoms with E-state index in [4.69, 9.17) is 11.6 Å². The summed E-state index contributed by atoms with van der Waals surface area (Å²) in [5.74, 6) is -0.259. The molecule has 0 saturated heterocycles. The summed E-state index contributed by atoms with van der Waals surface area (Å²) in [4.78, 5) is 12.3. The highest BCUT2D eigenvalue weighted by atomic mass is 35.5. The van der Waals surface area contributed by atoms with Gasteiger partial charge in [0.1, 0.15) is 0 Å². The van der Waals surface area contributed by atoms with Crippen molar-refractivity contribution in [3.8, 4) is 0 Å². The van der Waals surface area contributed by atoms with Gasteiger partial charge in [-0.05, 0) is 53.5 Å². The van der Waals surface area contributed by atoms with E-state index in [-0.39, 0.29) is 10.8 Å². The largest absolute Gasteiger partial charge is 0.348 e. The number of sulfonamides is 1. The Balaban J connectivity index is 1.41. The molecular weight excluding hydrogens is 432 g/mol. The predicted molar refractivity (Wildman–Crippen MR) is 123 cm³/mol. The molecular formula is C24H21ClN2O3S. The molecule has 0 aromatic heterocycles. The number of carbonyl (C=O) groups excluding carboxylic acids is 1. The lowest BCUT2D eigenvalue weighted by Crippen LogP contribution is -2.29. The summed E-state index contributed by atoms with van der Waals surface area (Å²) in [6, 6.07) is 21.4. The lowest BCUT2D eigenvalue weighted by molar-refractivity contribution is -0.116. The zero-order valence-corrected chi connectivity index (χ0v) is 18.2. The predicted octanol–water partition coefficient (Wildman–Crippen LogP) is 4.42. The van der Waals surface area contributed by atoms with Gasteiger partial charge in [0.15, 0.2) is 0 Å². The second kappa shape index (κ2) is 8.96. The minimum Gasteiger partial charge on any atom is -0.348 e. The molecule has 0 radical (unpaired) electrons. The molecule has 0 bridgehead atoms. The number of amides is 1. The second-order valence-corrected chi connectivity index (χ2v) is 9.44. The van der Waals surface area contributed by atoms with Crippen molar-refractivity contribution in [1.29, 1.82) is 0 Å². The topological polar surface area (TPSA) is 66.5 Å². The Morgan fingerprint density at radius 3 is 2.48 bits per heavy atom. The Bertz CT molecular complexity index is 1240. The lowest BCUT2D eigenvalue weighted by Gasteiger charge is -2.19. The summed E-state index contributed by atoms with van der Waals surface area (Å²) < 4.78 is 27.6. The molecule has 0 fully saturated rings. The Morgan fingerprint density at radius 2 is 1.71 bits per heavy atom. The molecule has 0 spiro atoms. The molecule has 1 aliphatic heterocycles. The van der Waals surface area contributed by atoms with Crippen LogP contribution in [-0.2, 0) is 27.8 Å². The normalized spacial score (nSPS) is 13.4.